The molecule has 0 unspecified atom stereocenters. The van der Waals surface area contributed by atoms with Gasteiger partial charge >= 0.3 is 6.09 Å². The second kappa shape index (κ2) is 11.2. The van der Waals surface area contributed by atoms with E-state index in [-0.39, 0.29) is 5.82 Å². The first-order valence-electron chi connectivity index (χ1n) is 8.60. The van der Waals surface area contributed by atoms with Crippen LogP contribution in [0.3, 0.4) is 0 Å². The van der Waals surface area contributed by atoms with Gasteiger partial charge in [-0.05, 0) is 39.3 Å². The SMILES string of the molecule is CN=C(NCCCNC(=O)OC(C)(C)C)NCCOc1cccc(F)c1. The molecule has 0 bridgehead atoms. The number of alkyl carbamates (subject to hydrolysis) is 1. The quantitative estimate of drug-likeness (QED) is 0.372. The molecule has 1 aromatic carbocycles. The Morgan fingerprint density at radius 3 is 2.50 bits per heavy atom. The van der Waals surface area contributed by atoms with Crippen molar-refractivity contribution in [2.45, 2.75) is 32.8 Å². The second-order valence-corrected chi connectivity index (χ2v) is 6.51. The molecule has 0 aromatic heterocycles. The fraction of sp³-hybridized carbons (Fsp3) is 0.556. The van der Waals surface area contributed by atoms with Crippen LogP contribution in [0, 0.1) is 5.82 Å². The van der Waals surface area contributed by atoms with Gasteiger partial charge in [0.25, 0.3) is 0 Å². The van der Waals surface area contributed by atoms with Gasteiger partial charge in [-0.15, -0.1) is 0 Å². The number of carbonyl (C=O) groups is 1. The summed E-state index contributed by atoms with van der Waals surface area (Å²) in [5.74, 6) is 0.793. The summed E-state index contributed by atoms with van der Waals surface area (Å²) in [5, 5.41) is 8.92. The number of nitrogens with one attached hydrogen (secondary N) is 3. The number of benzene rings is 1. The largest absolute Gasteiger partial charge is 0.492 e. The van der Waals surface area contributed by atoms with E-state index in [0.717, 1.165) is 6.42 Å². The monoisotopic (exact) mass is 368 g/mol. The first-order valence-corrected chi connectivity index (χ1v) is 8.60. The van der Waals surface area contributed by atoms with E-state index in [2.05, 4.69) is 20.9 Å². The molecule has 1 aromatic rings. The third-order valence-electron chi connectivity index (χ3n) is 3.00. The molecule has 3 N–H and O–H groups in total. The Morgan fingerprint density at radius 1 is 1.15 bits per heavy atom. The van der Waals surface area contributed by atoms with Crippen LogP contribution in [0.15, 0.2) is 29.3 Å². The van der Waals surface area contributed by atoms with Crippen LogP contribution in [-0.4, -0.2) is 50.9 Å². The number of ether oxygens (including phenoxy) is 2. The number of halogens is 1. The van der Waals surface area contributed by atoms with Crippen molar-refractivity contribution in [3.05, 3.63) is 30.1 Å². The first kappa shape index (κ1) is 21.5. The lowest BCUT2D eigenvalue weighted by atomic mass is 10.2. The van der Waals surface area contributed by atoms with Crippen LogP contribution < -0.4 is 20.7 Å². The highest BCUT2D eigenvalue weighted by Gasteiger charge is 2.15. The first-order chi connectivity index (χ1) is 12.3. The number of nitrogens with zero attached hydrogens (tertiary/aromatic N) is 1. The predicted octanol–water partition coefficient (Wildman–Crippen LogP) is 2.28. The predicted molar refractivity (Wildman–Crippen MR) is 100 cm³/mol. The number of amides is 1. The van der Waals surface area contributed by atoms with Crippen LogP contribution in [0.1, 0.15) is 27.2 Å². The summed E-state index contributed by atoms with van der Waals surface area (Å²) in [6.07, 6.45) is 0.300. The van der Waals surface area contributed by atoms with Crippen molar-refractivity contribution in [3.63, 3.8) is 0 Å². The molecule has 7 nitrogen and oxygen atoms in total. The summed E-state index contributed by atoms with van der Waals surface area (Å²) in [5.41, 5.74) is -0.498. The van der Waals surface area contributed by atoms with E-state index < -0.39 is 11.7 Å². The number of carbonyl (C=O) groups excluding carboxylic acids is 1. The molecule has 0 aliphatic heterocycles. The summed E-state index contributed by atoms with van der Waals surface area (Å²) in [6.45, 7) is 7.50. The van der Waals surface area contributed by atoms with Crippen LogP contribution in [0.2, 0.25) is 0 Å². The number of rotatable bonds is 8. The minimum atomic E-state index is -0.498. The van der Waals surface area contributed by atoms with Crippen molar-refractivity contribution < 1.29 is 18.7 Å². The van der Waals surface area contributed by atoms with Crippen LogP contribution in [0.4, 0.5) is 9.18 Å². The van der Waals surface area contributed by atoms with Gasteiger partial charge in [0, 0.05) is 26.2 Å². The fourth-order valence-electron chi connectivity index (χ4n) is 1.92. The Labute approximate surface area is 154 Å². The Hall–Kier alpha value is -2.51. The van der Waals surface area contributed by atoms with Crippen molar-refractivity contribution in [2.75, 3.05) is 33.3 Å². The van der Waals surface area contributed by atoms with Gasteiger partial charge in [-0.1, -0.05) is 6.07 Å². The van der Waals surface area contributed by atoms with E-state index in [4.69, 9.17) is 9.47 Å². The summed E-state index contributed by atoms with van der Waals surface area (Å²) in [7, 11) is 1.67. The Kier molecular flexibility index (Phi) is 9.25. The van der Waals surface area contributed by atoms with E-state index in [0.29, 0.717) is 38.0 Å². The van der Waals surface area contributed by atoms with Gasteiger partial charge in [0.05, 0.1) is 6.54 Å². The topological polar surface area (TPSA) is 84.0 Å². The number of aliphatic imine (C=N–C) groups is 1. The molecule has 1 amide bonds. The van der Waals surface area contributed by atoms with Gasteiger partial charge in [0.1, 0.15) is 23.8 Å². The third-order valence-corrected chi connectivity index (χ3v) is 3.00. The molecule has 0 fully saturated rings. The van der Waals surface area contributed by atoms with E-state index >= 15 is 0 Å². The summed E-state index contributed by atoms with van der Waals surface area (Å²) >= 11 is 0. The minimum Gasteiger partial charge on any atom is -0.492 e. The molecule has 8 heteroatoms. The third kappa shape index (κ3) is 10.4. The summed E-state index contributed by atoms with van der Waals surface area (Å²) in [6, 6.07) is 6.01. The number of hydrogen-bond donors (Lipinski definition) is 3. The zero-order valence-corrected chi connectivity index (χ0v) is 15.9. The van der Waals surface area contributed by atoms with Crippen molar-refractivity contribution in [1.29, 1.82) is 0 Å². The van der Waals surface area contributed by atoms with Crippen molar-refractivity contribution in [1.82, 2.24) is 16.0 Å². The van der Waals surface area contributed by atoms with Gasteiger partial charge in [0.15, 0.2) is 5.96 Å². The van der Waals surface area contributed by atoms with Gasteiger partial charge in [-0.25, -0.2) is 9.18 Å². The molecule has 1 rings (SSSR count). The second-order valence-electron chi connectivity index (χ2n) is 6.51. The highest BCUT2D eigenvalue weighted by Crippen LogP contribution is 2.11. The van der Waals surface area contributed by atoms with E-state index in [1.807, 2.05) is 20.8 Å². The van der Waals surface area contributed by atoms with Crippen LogP contribution >= 0.6 is 0 Å². The maximum Gasteiger partial charge on any atom is 0.407 e. The summed E-state index contributed by atoms with van der Waals surface area (Å²) < 4.78 is 23.6. The van der Waals surface area contributed by atoms with Crippen LogP contribution in [-0.2, 0) is 4.74 Å². The maximum atomic E-state index is 13.0. The normalized spacial score (nSPS) is 11.7. The average molecular weight is 368 g/mol. The lowest BCUT2D eigenvalue weighted by Gasteiger charge is -2.19. The van der Waals surface area contributed by atoms with Gasteiger partial charge in [-0.2, -0.15) is 0 Å². The smallest absolute Gasteiger partial charge is 0.407 e. The standard InChI is InChI=1S/C18H29FN4O3/c1-18(2,3)26-17(24)23-10-6-9-21-16(20-4)22-11-12-25-15-8-5-7-14(19)13-15/h5,7-8,13H,6,9-12H2,1-4H3,(H,23,24)(H2,20,21,22). The van der Waals surface area contributed by atoms with Gasteiger partial charge in [0.2, 0.25) is 0 Å². The van der Waals surface area contributed by atoms with E-state index in [1.165, 1.54) is 12.1 Å². The van der Waals surface area contributed by atoms with E-state index in [1.54, 1.807) is 19.2 Å². The average Bonchev–Trinajstić information content (AvgIpc) is 2.55. The molecule has 0 heterocycles. The molecular formula is C18H29FN4O3. The minimum absolute atomic E-state index is 0.326. The zero-order valence-electron chi connectivity index (χ0n) is 15.9. The van der Waals surface area contributed by atoms with Crippen LogP contribution in [0.5, 0.6) is 5.75 Å². The van der Waals surface area contributed by atoms with E-state index in [9.17, 15) is 9.18 Å². The zero-order chi connectivity index (χ0) is 19.4. The molecule has 0 saturated carbocycles. The van der Waals surface area contributed by atoms with Crippen molar-refractivity contribution in [3.8, 4) is 5.75 Å². The molecule has 0 radical (unpaired) electrons. The molecule has 0 saturated heterocycles. The van der Waals surface area contributed by atoms with Gasteiger partial charge in [-0.3, -0.25) is 4.99 Å². The molecule has 0 spiro atoms. The number of guanidine groups is 1. The number of hydrogen-bond acceptors (Lipinski definition) is 4. The Morgan fingerprint density at radius 2 is 1.85 bits per heavy atom. The summed E-state index contributed by atoms with van der Waals surface area (Å²) in [4.78, 5) is 15.6. The molecule has 146 valence electrons. The maximum absolute atomic E-state index is 13.0. The molecule has 0 atom stereocenters. The Balaban J connectivity index is 2.11. The fourth-order valence-corrected chi connectivity index (χ4v) is 1.92. The van der Waals surface area contributed by atoms with Crippen LogP contribution in [0.25, 0.3) is 0 Å². The van der Waals surface area contributed by atoms with Crippen molar-refractivity contribution in [2.24, 2.45) is 4.99 Å². The van der Waals surface area contributed by atoms with Crippen molar-refractivity contribution >= 4 is 12.1 Å². The lowest BCUT2D eigenvalue weighted by molar-refractivity contribution is 0.0527. The highest BCUT2D eigenvalue weighted by molar-refractivity contribution is 5.79. The highest BCUT2D eigenvalue weighted by atomic mass is 19.1. The molecule has 0 aliphatic rings. The Bertz CT molecular complexity index is 588. The molecule has 0 aliphatic carbocycles. The van der Waals surface area contributed by atoms with Gasteiger partial charge < -0.3 is 25.4 Å². The molecule has 26 heavy (non-hydrogen) atoms. The molecular weight excluding hydrogens is 339 g/mol. The lowest BCUT2D eigenvalue weighted by Crippen LogP contribution is -2.40.